The first-order valence-electron chi connectivity index (χ1n) is 6.89. The van der Waals surface area contributed by atoms with Crippen molar-refractivity contribution in [1.82, 2.24) is 9.88 Å². The summed E-state index contributed by atoms with van der Waals surface area (Å²) in [5.74, 6) is 0.875. The summed E-state index contributed by atoms with van der Waals surface area (Å²) >= 11 is 0. The number of para-hydroxylation sites is 1. The molecule has 1 aromatic heterocycles. The maximum atomic E-state index is 4.63. The van der Waals surface area contributed by atoms with Gasteiger partial charge in [-0.3, -0.25) is 4.98 Å². The van der Waals surface area contributed by atoms with Crippen LogP contribution in [0.15, 0.2) is 36.5 Å². The summed E-state index contributed by atoms with van der Waals surface area (Å²) in [7, 11) is 0. The highest BCUT2D eigenvalue weighted by atomic mass is 15.2. The molecule has 2 fully saturated rings. The fourth-order valence-corrected chi connectivity index (χ4v) is 3.62. The number of rotatable bonds is 2. The van der Waals surface area contributed by atoms with E-state index in [1.165, 1.54) is 37.0 Å². The molecular formula is C16H18N2. The molecule has 2 atom stereocenters. The van der Waals surface area contributed by atoms with E-state index in [2.05, 4.69) is 53.3 Å². The Morgan fingerprint density at radius 2 is 2.28 bits per heavy atom. The number of pyridine rings is 1. The van der Waals surface area contributed by atoms with Gasteiger partial charge in [-0.05, 0) is 36.6 Å². The number of likely N-dealkylation sites (tertiary alicyclic amines) is 1. The second-order valence-electron chi connectivity index (χ2n) is 5.80. The topological polar surface area (TPSA) is 16.1 Å². The summed E-state index contributed by atoms with van der Waals surface area (Å²) in [6.45, 7) is 5.95. The number of likely N-dealkylation sites (N-methyl/N-ethyl adjacent to an activating group) is 1. The van der Waals surface area contributed by atoms with Crippen molar-refractivity contribution in [2.45, 2.75) is 18.8 Å². The minimum absolute atomic E-state index is 0.438. The lowest BCUT2D eigenvalue weighted by Gasteiger charge is -2.19. The summed E-state index contributed by atoms with van der Waals surface area (Å²) in [4.78, 5) is 7.20. The van der Waals surface area contributed by atoms with E-state index in [1.807, 2.05) is 0 Å². The molecule has 0 spiro atoms. The summed E-state index contributed by atoms with van der Waals surface area (Å²) in [5, 5.41) is 1.28. The van der Waals surface area contributed by atoms with Gasteiger partial charge in [0.1, 0.15) is 0 Å². The SMILES string of the molecule is CCN1CC2CC2(c2cnc3ccccc3c2)C1. The fourth-order valence-electron chi connectivity index (χ4n) is 3.62. The molecular weight excluding hydrogens is 220 g/mol. The third-order valence-corrected chi connectivity index (χ3v) is 4.83. The highest BCUT2D eigenvalue weighted by Gasteiger charge is 2.60. The molecule has 1 aliphatic carbocycles. The van der Waals surface area contributed by atoms with Gasteiger partial charge < -0.3 is 4.90 Å². The molecule has 2 aromatic rings. The van der Waals surface area contributed by atoms with Gasteiger partial charge in [-0.15, -0.1) is 0 Å². The van der Waals surface area contributed by atoms with Gasteiger partial charge in [-0.2, -0.15) is 0 Å². The van der Waals surface area contributed by atoms with Crippen LogP contribution in [0.25, 0.3) is 10.9 Å². The minimum Gasteiger partial charge on any atom is -0.302 e. The Morgan fingerprint density at radius 3 is 3.11 bits per heavy atom. The first kappa shape index (κ1) is 10.5. The van der Waals surface area contributed by atoms with Crippen LogP contribution < -0.4 is 0 Å². The predicted octanol–water partition coefficient (Wildman–Crippen LogP) is 2.83. The van der Waals surface area contributed by atoms with Crippen LogP contribution in [0.2, 0.25) is 0 Å². The van der Waals surface area contributed by atoms with Gasteiger partial charge in [0.15, 0.2) is 0 Å². The van der Waals surface area contributed by atoms with E-state index < -0.39 is 0 Å². The number of fused-ring (bicyclic) bond motifs is 2. The molecule has 2 heteroatoms. The quantitative estimate of drug-likeness (QED) is 0.799. The fraction of sp³-hybridized carbons (Fsp3) is 0.438. The minimum atomic E-state index is 0.438. The Balaban J connectivity index is 1.76. The molecule has 1 saturated carbocycles. The van der Waals surface area contributed by atoms with Gasteiger partial charge in [0.05, 0.1) is 5.52 Å². The Bertz CT molecular complexity index is 607. The summed E-state index contributed by atoms with van der Waals surface area (Å²) in [6.07, 6.45) is 3.48. The summed E-state index contributed by atoms with van der Waals surface area (Å²) in [6, 6.07) is 10.8. The van der Waals surface area contributed by atoms with Crippen LogP contribution in [0.4, 0.5) is 0 Å². The molecule has 0 bridgehead atoms. The highest BCUT2D eigenvalue weighted by molar-refractivity contribution is 5.79. The van der Waals surface area contributed by atoms with Gasteiger partial charge in [0.2, 0.25) is 0 Å². The van der Waals surface area contributed by atoms with Crippen LogP contribution in [-0.4, -0.2) is 29.5 Å². The maximum absolute atomic E-state index is 4.63. The zero-order chi connectivity index (χ0) is 12.2. The molecule has 2 heterocycles. The van der Waals surface area contributed by atoms with Crippen molar-refractivity contribution in [3.63, 3.8) is 0 Å². The third-order valence-electron chi connectivity index (χ3n) is 4.83. The predicted molar refractivity (Wildman–Crippen MR) is 73.6 cm³/mol. The van der Waals surface area contributed by atoms with Gasteiger partial charge in [0.25, 0.3) is 0 Å². The summed E-state index contributed by atoms with van der Waals surface area (Å²) < 4.78 is 0. The molecule has 0 amide bonds. The van der Waals surface area contributed by atoms with Crippen molar-refractivity contribution in [2.24, 2.45) is 5.92 Å². The average Bonchev–Trinajstić information content (AvgIpc) is 3.01. The summed E-state index contributed by atoms with van der Waals surface area (Å²) in [5.41, 5.74) is 3.01. The number of hydrogen-bond donors (Lipinski definition) is 0. The van der Waals surface area contributed by atoms with Crippen molar-refractivity contribution in [2.75, 3.05) is 19.6 Å². The van der Waals surface area contributed by atoms with Crippen LogP contribution in [0, 0.1) is 5.92 Å². The lowest BCUT2D eigenvalue weighted by atomic mass is 9.95. The zero-order valence-corrected chi connectivity index (χ0v) is 10.8. The second kappa shape index (κ2) is 3.55. The Hall–Kier alpha value is -1.41. The van der Waals surface area contributed by atoms with Crippen molar-refractivity contribution < 1.29 is 0 Å². The molecule has 0 radical (unpaired) electrons. The second-order valence-corrected chi connectivity index (χ2v) is 5.80. The number of benzene rings is 1. The van der Waals surface area contributed by atoms with E-state index in [1.54, 1.807) is 0 Å². The smallest absolute Gasteiger partial charge is 0.0702 e. The van der Waals surface area contributed by atoms with Crippen molar-refractivity contribution >= 4 is 10.9 Å². The molecule has 1 saturated heterocycles. The van der Waals surface area contributed by atoms with E-state index in [0.717, 1.165) is 11.4 Å². The van der Waals surface area contributed by atoms with E-state index in [-0.39, 0.29) is 0 Å². The monoisotopic (exact) mass is 238 g/mol. The van der Waals surface area contributed by atoms with Crippen LogP contribution in [0.1, 0.15) is 18.9 Å². The molecule has 2 aliphatic rings. The van der Waals surface area contributed by atoms with E-state index in [9.17, 15) is 0 Å². The average molecular weight is 238 g/mol. The zero-order valence-electron chi connectivity index (χ0n) is 10.8. The largest absolute Gasteiger partial charge is 0.302 e. The van der Waals surface area contributed by atoms with E-state index in [0.29, 0.717) is 5.41 Å². The molecule has 0 N–H and O–H groups in total. The Labute approximate surface area is 108 Å². The number of nitrogens with zero attached hydrogens (tertiary/aromatic N) is 2. The lowest BCUT2D eigenvalue weighted by Crippen LogP contribution is -2.26. The Morgan fingerprint density at radius 1 is 1.39 bits per heavy atom. The molecule has 4 rings (SSSR count). The molecule has 1 aliphatic heterocycles. The van der Waals surface area contributed by atoms with Crippen LogP contribution in [-0.2, 0) is 5.41 Å². The highest BCUT2D eigenvalue weighted by Crippen LogP contribution is 2.58. The molecule has 2 nitrogen and oxygen atoms in total. The number of aromatic nitrogens is 1. The molecule has 1 aromatic carbocycles. The van der Waals surface area contributed by atoms with Gasteiger partial charge in [-0.25, -0.2) is 0 Å². The standard InChI is InChI=1S/C16H18N2/c1-2-18-10-14-8-16(14,11-18)13-7-12-5-3-4-6-15(12)17-9-13/h3-7,9,14H,2,8,10-11H2,1H3. The first-order chi connectivity index (χ1) is 8.82. The van der Waals surface area contributed by atoms with Crippen molar-refractivity contribution in [1.29, 1.82) is 0 Å². The van der Waals surface area contributed by atoms with Gasteiger partial charge in [0, 0.05) is 30.1 Å². The van der Waals surface area contributed by atoms with Crippen LogP contribution in [0.3, 0.4) is 0 Å². The van der Waals surface area contributed by atoms with E-state index >= 15 is 0 Å². The third kappa shape index (κ3) is 1.36. The normalized spacial score (nSPS) is 30.6. The van der Waals surface area contributed by atoms with Gasteiger partial charge >= 0.3 is 0 Å². The van der Waals surface area contributed by atoms with Crippen LogP contribution in [0.5, 0.6) is 0 Å². The Kier molecular flexibility index (Phi) is 2.07. The molecule has 2 unspecified atom stereocenters. The van der Waals surface area contributed by atoms with Crippen molar-refractivity contribution in [3.05, 3.63) is 42.1 Å². The van der Waals surface area contributed by atoms with E-state index in [4.69, 9.17) is 0 Å². The number of piperidine rings is 1. The number of hydrogen-bond acceptors (Lipinski definition) is 2. The van der Waals surface area contributed by atoms with Crippen molar-refractivity contribution in [3.8, 4) is 0 Å². The molecule has 92 valence electrons. The van der Waals surface area contributed by atoms with Crippen LogP contribution >= 0.6 is 0 Å². The maximum Gasteiger partial charge on any atom is 0.0702 e. The van der Waals surface area contributed by atoms with Gasteiger partial charge in [-0.1, -0.05) is 25.1 Å². The lowest BCUT2D eigenvalue weighted by molar-refractivity contribution is 0.314. The first-order valence-corrected chi connectivity index (χ1v) is 6.89. The molecule has 18 heavy (non-hydrogen) atoms.